The van der Waals surface area contributed by atoms with Gasteiger partial charge in [-0.25, -0.2) is 0 Å². The number of nitrogens with zero attached hydrogens (tertiary/aromatic N) is 1. The van der Waals surface area contributed by atoms with Crippen LogP contribution >= 0.6 is 23.6 Å². The lowest BCUT2D eigenvalue weighted by Crippen LogP contribution is -2.36. The van der Waals surface area contributed by atoms with Crippen LogP contribution in [-0.4, -0.2) is 10.0 Å². The summed E-state index contributed by atoms with van der Waals surface area (Å²) in [7, 11) is 0. The summed E-state index contributed by atoms with van der Waals surface area (Å²) in [6.07, 6.45) is 2.70. The molecule has 1 aromatic carbocycles. The van der Waals surface area contributed by atoms with E-state index in [-0.39, 0.29) is 6.04 Å². The van der Waals surface area contributed by atoms with Crippen LogP contribution in [0.1, 0.15) is 36.1 Å². The number of hydrogen-bond acceptors (Lipinski definition) is 3. The quantitative estimate of drug-likeness (QED) is 0.550. The zero-order valence-corrected chi connectivity index (χ0v) is 16.1. The van der Waals surface area contributed by atoms with E-state index in [0.717, 1.165) is 17.9 Å². The van der Waals surface area contributed by atoms with Gasteiger partial charge in [-0.2, -0.15) is 0 Å². The third kappa shape index (κ3) is 4.50. The number of nitrogens with one attached hydrogen (secondary N) is 1. The first-order valence-corrected chi connectivity index (χ1v) is 9.68. The molecular formula is C20H22N2OS2. The first-order valence-electron chi connectivity index (χ1n) is 8.39. The number of thiocarbonyl (C=S) groups is 1. The minimum atomic E-state index is 0.166. The third-order valence-corrected chi connectivity index (χ3v) is 5.56. The molecule has 130 valence electrons. The predicted octanol–water partition coefficient (Wildman–Crippen LogP) is 5.86. The number of benzene rings is 1. The van der Waals surface area contributed by atoms with Crippen LogP contribution in [0.15, 0.2) is 64.6 Å². The largest absolute Gasteiger partial charge is 0.467 e. The molecule has 0 spiro atoms. The van der Waals surface area contributed by atoms with E-state index >= 15 is 0 Å². The minimum Gasteiger partial charge on any atom is -0.467 e. The first kappa shape index (κ1) is 17.7. The average Bonchev–Trinajstić information content (AvgIpc) is 3.33. The van der Waals surface area contributed by atoms with Crippen molar-refractivity contribution in [3.8, 4) is 0 Å². The second-order valence-corrected chi connectivity index (χ2v) is 7.25. The number of hydrogen-bond donors (Lipinski definition) is 1. The molecule has 0 aliphatic carbocycles. The first-order chi connectivity index (χ1) is 12.2. The number of aryl methyl sites for hydroxylation is 1. The minimum absolute atomic E-state index is 0.166. The second kappa shape index (κ2) is 8.32. The number of rotatable bonds is 6. The van der Waals surface area contributed by atoms with Crippen molar-refractivity contribution in [3.05, 3.63) is 76.4 Å². The summed E-state index contributed by atoms with van der Waals surface area (Å²) in [4.78, 5) is 3.44. The Morgan fingerprint density at radius 3 is 2.80 bits per heavy atom. The highest BCUT2D eigenvalue weighted by Crippen LogP contribution is 2.27. The molecule has 2 aromatic heterocycles. The Morgan fingerprint density at radius 2 is 2.12 bits per heavy atom. The molecule has 0 aliphatic heterocycles. The van der Waals surface area contributed by atoms with E-state index in [2.05, 4.69) is 59.8 Å². The van der Waals surface area contributed by atoms with E-state index in [1.807, 2.05) is 18.2 Å². The van der Waals surface area contributed by atoms with Crippen LogP contribution < -0.4 is 5.32 Å². The Kier molecular flexibility index (Phi) is 5.89. The van der Waals surface area contributed by atoms with Gasteiger partial charge in [-0.05, 0) is 66.8 Å². The molecule has 0 saturated heterocycles. The van der Waals surface area contributed by atoms with Crippen LogP contribution in [0.4, 0.5) is 5.69 Å². The van der Waals surface area contributed by atoms with Gasteiger partial charge in [0.05, 0.1) is 18.8 Å². The molecular weight excluding hydrogens is 348 g/mol. The summed E-state index contributed by atoms with van der Waals surface area (Å²) in [6, 6.07) is 16.7. The monoisotopic (exact) mass is 370 g/mol. The molecule has 3 nitrogen and oxygen atoms in total. The second-order valence-electron chi connectivity index (χ2n) is 5.88. The zero-order valence-electron chi connectivity index (χ0n) is 14.4. The summed E-state index contributed by atoms with van der Waals surface area (Å²) in [6.45, 7) is 4.95. The highest BCUT2D eigenvalue weighted by atomic mass is 32.1. The molecule has 25 heavy (non-hydrogen) atoms. The molecule has 1 atom stereocenters. The summed E-state index contributed by atoms with van der Waals surface area (Å²) in [5.74, 6) is 0.898. The summed E-state index contributed by atoms with van der Waals surface area (Å²) in [5, 5.41) is 6.19. The van der Waals surface area contributed by atoms with Gasteiger partial charge in [-0.3, -0.25) is 0 Å². The van der Waals surface area contributed by atoms with Crippen LogP contribution in [0.5, 0.6) is 0 Å². The summed E-state index contributed by atoms with van der Waals surface area (Å²) in [5.41, 5.74) is 2.31. The van der Waals surface area contributed by atoms with Gasteiger partial charge in [0.25, 0.3) is 0 Å². The Hall–Kier alpha value is -2.11. The smallest absolute Gasteiger partial charge is 0.174 e. The van der Waals surface area contributed by atoms with E-state index in [0.29, 0.717) is 11.7 Å². The molecule has 0 radical (unpaired) electrons. The van der Waals surface area contributed by atoms with Gasteiger partial charge in [0.1, 0.15) is 5.76 Å². The van der Waals surface area contributed by atoms with Crippen LogP contribution in [-0.2, 0) is 13.0 Å². The fourth-order valence-corrected chi connectivity index (χ4v) is 3.84. The maximum Gasteiger partial charge on any atom is 0.174 e. The number of thiophene rings is 1. The van der Waals surface area contributed by atoms with Gasteiger partial charge in [-0.1, -0.05) is 25.1 Å². The van der Waals surface area contributed by atoms with Crippen LogP contribution in [0.3, 0.4) is 0 Å². The molecule has 3 rings (SSSR count). The van der Waals surface area contributed by atoms with Crippen molar-refractivity contribution in [2.45, 2.75) is 32.9 Å². The molecule has 0 amide bonds. The molecule has 0 aliphatic rings. The van der Waals surface area contributed by atoms with Crippen LogP contribution in [0, 0.1) is 0 Å². The Balaban J connectivity index is 1.80. The Labute approximate surface area is 158 Å². The summed E-state index contributed by atoms with van der Waals surface area (Å²) >= 11 is 7.48. The van der Waals surface area contributed by atoms with Crippen LogP contribution in [0.25, 0.3) is 0 Å². The SMILES string of the molecule is CCc1cccc(NC(=S)N(Cc2ccco2)[C@H](C)c2cccs2)c1. The van der Waals surface area contributed by atoms with E-state index in [1.54, 1.807) is 17.6 Å². The van der Waals surface area contributed by atoms with Crippen molar-refractivity contribution < 1.29 is 4.42 Å². The fraction of sp³-hybridized carbons (Fsp3) is 0.250. The molecule has 0 saturated carbocycles. The van der Waals surface area contributed by atoms with Crippen molar-refractivity contribution in [2.75, 3.05) is 5.32 Å². The molecule has 1 N–H and O–H groups in total. The maximum absolute atomic E-state index is 5.74. The molecule has 0 fully saturated rings. The van der Waals surface area contributed by atoms with Gasteiger partial charge >= 0.3 is 0 Å². The molecule has 0 bridgehead atoms. The van der Waals surface area contributed by atoms with E-state index in [1.165, 1.54) is 10.4 Å². The maximum atomic E-state index is 5.74. The molecule has 5 heteroatoms. The molecule has 2 heterocycles. The third-order valence-electron chi connectivity index (χ3n) is 4.18. The van der Waals surface area contributed by atoms with Gasteiger partial charge < -0.3 is 14.6 Å². The van der Waals surface area contributed by atoms with Gasteiger partial charge in [0.2, 0.25) is 0 Å². The standard InChI is InChI=1S/C20H22N2OS2/c1-3-16-7-4-8-17(13-16)21-20(24)22(14-18-9-5-11-23-18)15(2)19-10-6-12-25-19/h4-13,15H,3,14H2,1-2H3,(H,21,24)/t15-/m1/s1. The lowest BCUT2D eigenvalue weighted by atomic mass is 10.1. The highest BCUT2D eigenvalue weighted by molar-refractivity contribution is 7.80. The number of anilines is 1. The summed E-state index contributed by atoms with van der Waals surface area (Å²) < 4.78 is 5.54. The van der Waals surface area contributed by atoms with Crippen molar-refractivity contribution in [2.24, 2.45) is 0 Å². The zero-order chi connectivity index (χ0) is 17.6. The fourth-order valence-electron chi connectivity index (χ4n) is 2.70. The van der Waals surface area contributed by atoms with E-state index < -0.39 is 0 Å². The van der Waals surface area contributed by atoms with Crippen molar-refractivity contribution in [1.29, 1.82) is 0 Å². The average molecular weight is 371 g/mol. The number of furan rings is 1. The molecule has 3 aromatic rings. The predicted molar refractivity (Wildman–Crippen MR) is 109 cm³/mol. The van der Waals surface area contributed by atoms with E-state index in [4.69, 9.17) is 16.6 Å². The highest BCUT2D eigenvalue weighted by Gasteiger charge is 2.21. The molecule has 0 unspecified atom stereocenters. The van der Waals surface area contributed by atoms with Crippen molar-refractivity contribution >= 4 is 34.4 Å². The van der Waals surface area contributed by atoms with Gasteiger partial charge in [0, 0.05) is 10.6 Å². The topological polar surface area (TPSA) is 28.4 Å². The normalized spacial score (nSPS) is 11.9. The van der Waals surface area contributed by atoms with Crippen LogP contribution in [0.2, 0.25) is 0 Å². The Bertz CT molecular complexity index is 797. The van der Waals surface area contributed by atoms with Crippen molar-refractivity contribution in [3.63, 3.8) is 0 Å². The van der Waals surface area contributed by atoms with Gasteiger partial charge in [0.15, 0.2) is 5.11 Å². The lowest BCUT2D eigenvalue weighted by molar-refractivity contribution is 0.306. The van der Waals surface area contributed by atoms with Gasteiger partial charge in [-0.15, -0.1) is 11.3 Å². The van der Waals surface area contributed by atoms with Crippen molar-refractivity contribution in [1.82, 2.24) is 4.90 Å². The Morgan fingerprint density at radius 1 is 1.24 bits per heavy atom. The van der Waals surface area contributed by atoms with E-state index in [9.17, 15) is 0 Å². The lowest BCUT2D eigenvalue weighted by Gasteiger charge is -2.30.